The second-order valence-electron chi connectivity index (χ2n) is 6.89. The number of benzene rings is 3. The highest BCUT2D eigenvalue weighted by atomic mass is 32.1. The molecule has 1 unspecified atom stereocenters. The van der Waals surface area contributed by atoms with Crippen LogP contribution < -0.4 is 0 Å². The van der Waals surface area contributed by atoms with Crippen molar-refractivity contribution in [2.45, 2.75) is 12.8 Å². The van der Waals surface area contributed by atoms with Crippen molar-refractivity contribution in [2.24, 2.45) is 0 Å². The number of hydrogen-bond donors (Lipinski definition) is 0. The van der Waals surface area contributed by atoms with Gasteiger partial charge in [0.25, 0.3) is 0 Å². The largest absolute Gasteiger partial charge is 0.256 e. The first-order chi connectivity index (χ1) is 13.3. The van der Waals surface area contributed by atoms with Crippen LogP contribution in [0.3, 0.4) is 0 Å². The Bertz CT molecular complexity index is 1240. The standard InChI is InChI=1S/C25H19NS/c1-17(18-8-3-2-4-9-18)19-14-15-26-23(16-19)22-12-7-11-21-20-10-5-6-13-24(20)27-25(21)22/h2-17H,1H3. The first-order valence-electron chi connectivity index (χ1n) is 9.23. The third-order valence-corrected chi connectivity index (χ3v) is 6.48. The fourth-order valence-corrected chi connectivity index (χ4v) is 4.97. The minimum atomic E-state index is 0.342. The van der Waals surface area contributed by atoms with Crippen LogP contribution in [-0.2, 0) is 0 Å². The van der Waals surface area contributed by atoms with Gasteiger partial charge in [0.05, 0.1) is 5.69 Å². The van der Waals surface area contributed by atoms with E-state index in [2.05, 4.69) is 91.9 Å². The summed E-state index contributed by atoms with van der Waals surface area (Å²) in [6, 6.07) is 30.2. The van der Waals surface area contributed by atoms with E-state index in [-0.39, 0.29) is 0 Å². The summed E-state index contributed by atoms with van der Waals surface area (Å²) in [6.07, 6.45) is 1.94. The highest BCUT2D eigenvalue weighted by Crippen LogP contribution is 2.39. The fourth-order valence-electron chi connectivity index (χ4n) is 3.75. The number of pyridine rings is 1. The minimum absolute atomic E-state index is 0.342. The Labute approximate surface area is 162 Å². The van der Waals surface area contributed by atoms with Crippen molar-refractivity contribution in [3.63, 3.8) is 0 Å². The zero-order chi connectivity index (χ0) is 18.2. The Balaban J connectivity index is 1.65. The predicted molar refractivity (Wildman–Crippen MR) is 117 cm³/mol. The number of rotatable bonds is 3. The number of aromatic nitrogens is 1. The normalized spacial score (nSPS) is 12.5. The summed E-state index contributed by atoms with van der Waals surface area (Å²) in [5.41, 5.74) is 4.89. The van der Waals surface area contributed by atoms with Gasteiger partial charge in [0.2, 0.25) is 0 Å². The molecule has 0 N–H and O–H groups in total. The number of nitrogens with zero attached hydrogens (tertiary/aromatic N) is 1. The third-order valence-electron chi connectivity index (χ3n) is 5.26. The molecule has 130 valence electrons. The van der Waals surface area contributed by atoms with Crippen LogP contribution in [0.4, 0.5) is 0 Å². The van der Waals surface area contributed by atoms with Crippen LogP contribution in [0.25, 0.3) is 31.4 Å². The lowest BCUT2D eigenvalue weighted by Gasteiger charge is -2.13. The van der Waals surface area contributed by atoms with Gasteiger partial charge in [-0.2, -0.15) is 0 Å². The average Bonchev–Trinajstić information content (AvgIpc) is 3.13. The van der Waals surface area contributed by atoms with E-state index in [1.165, 1.54) is 36.9 Å². The molecule has 1 nitrogen and oxygen atoms in total. The fraction of sp³-hybridized carbons (Fsp3) is 0.0800. The zero-order valence-corrected chi connectivity index (χ0v) is 15.9. The summed E-state index contributed by atoms with van der Waals surface area (Å²) in [6.45, 7) is 2.26. The van der Waals surface area contributed by atoms with Crippen molar-refractivity contribution < 1.29 is 0 Å². The second-order valence-corrected chi connectivity index (χ2v) is 7.94. The molecule has 0 amide bonds. The van der Waals surface area contributed by atoms with Crippen LogP contribution in [0.15, 0.2) is 91.1 Å². The van der Waals surface area contributed by atoms with Crippen molar-refractivity contribution in [3.05, 3.63) is 102 Å². The summed E-state index contributed by atoms with van der Waals surface area (Å²) in [5.74, 6) is 0.342. The highest BCUT2D eigenvalue weighted by molar-refractivity contribution is 7.26. The molecule has 5 rings (SSSR count). The van der Waals surface area contributed by atoms with Crippen molar-refractivity contribution in [1.82, 2.24) is 4.98 Å². The minimum Gasteiger partial charge on any atom is -0.256 e. The molecule has 0 spiro atoms. The lowest BCUT2D eigenvalue weighted by molar-refractivity contribution is 0.918. The van der Waals surface area contributed by atoms with Gasteiger partial charge >= 0.3 is 0 Å². The molecule has 2 heterocycles. The van der Waals surface area contributed by atoms with Crippen molar-refractivity contribution in [1.29, 1.82) is 0 Å². The van der Waals surface area contributed by atoms with Gasteiger partial charge in [-0.3, -0.25) is 4.98 Å². The summed E-state index contributed by atoms with van der Waals surface area (Å²) >= 11 is 1.85. The van der Waals surface area contributed by atoms with E-state index < -0.39 is 0 Å². The molecule has 2 heteroatoms. The lowest BCUT2D eigenvalue weighted by Crippen LogP contribution is -1.97. The van der Waals surface area contributed by atoms with Gasteiger partial charge in [0.15, 0.2) is 0 Å². The van der Waals surface area contributed by atoms with Gasteiger partial charge in [-0.25, -0.2) is 0 Å². The summed E-state index contributed by atoms with van der Waals surface area (Å²) < 4.78 is 2.64. The molecular weight excluding hydrogens is 346 g/mol. The Morgan fingerprint density at radius 1 is 0.741 bits per heavy atom. The first-order valence-corrected chi connectivity index (χ1v) is 10.0. The van der Waals surface area contributed by atoms with Crippen molar-refractivity contribution >= 4 is 31.5 Å². The van der Waals surface area contributed by atoms with E-state index in [0.29, 0.717) is 5.92 Å². The van der Waals surface area contributed by atoms with Crippen LogP contribution >= 0.6 is 11.3 Å². The topological polar surface area (TPSA) is 12.9 Å². The Morgan fingerprint density at radius 2 is 1.52 bits per heavy atom. The molecular formula is C25H19NS. The molecule has 0 saturated carbocycles. The Hall–Kier alpha value is -2.97. The van der Waals surface area contributed by atoms with Crippen LogP contribution in [-0.4, -0.2) is 4.98 Å². The number of fused-ring (bicyclic) bond motifs is 3. The van der Waals surface area contributed by atoms with Crippen LogP contribution in [0.2, 0.25) is 0 Å². The van der Waals surface area contributed by atoms with Crippen LogP contribution in [0.5, 0.6) is 0 Å². The van der Waals surface area contributed by atoms with E-state index >= 15 is 0 Å². The molecule has 0 aliphatic rings. The van der Waals surface area contributed by atoms with Gasteiger partial charge in [-0.1, -0.05) is 73.7 Å². The molecule has 0 aliphatic heterocycles. The average molecular weight is 366 g/mol. The summed E-state index contributed by atoms with van der Waals surface area (Å²) in [7, 11) is 0. The van der Waals surface area contributed by atoms with E-state index in [0.717, 1.165) is 5.69 Å². The first kappa shape index (κ1) is 16.2. The SMILES string of the molecule is CC(c1ccccc1)c1ccnc(-c2cccc3c2sc2ccccc23)c1. The Kier molecular flexibility index (Phi) is 3.99. The second kappa shape index (κ2) is 6.64. The molecule has 2 aromatic heterocycles. The molecule has 3 aromatic carbocycles. The monoisotopic (exact) mass is 365 g/mol. The van der Waals surface area contributed by atoms with Crippen LogP contribution in [0, 0.1) is 0 Å². The van der Waals surface area contributed by atoms with E-state index in [4.69, 9.17) is 4.98 Å². The molecule has 0 saturated heterocycles. The lowest BCUT2D eigenvalue weighted by atomic mass is 9.92. The molecule has 0 bridgehead atoms. The number of thiophene rings is 1. The molecule has 1 atom stereocenters. The zero-order valence-electron chi connectivity index (χ0n) is 15.1. The maximum absolute atomic E-state index is 4.71. The predicted octanol–water partition coefficient (Wildman–Crippen LogP) is 7.27. The molecule has 27 heavy (non-hydrogen) atoms. The van der Waals surface area contributed by atoms with Crippen molar-refractivity contribution in [3.8, 4) is 11.3 Å². The molecule has 5 aromatic rings. The van der Waals surface area contributed by atoms with E-state index in [9.17, 15) is 0 Å². The smallest absolute Gasteiger partial charge is 0.0719 e. The number of hydrogen-bond acceptors (Lipinski definition) is 2. The third kappa shape index (κ3) is 2.83. The highest BCUT2D eigenvalue weighted by Gasteiger charge is 2.13. The molecule has 0 radical (unpaired) electrons. The maximum Gasteiger partial charge on any atom is 0.0719 e. The maximum atomic E-state index is 4.71. The van der Waals surface area contributed by atoms with Crippen molar-refractivity contribution in [2.75, 3.05) is 0 Å². The van der Waals surface area contributed by atoms with E-state index in [1.807, 2.05) is 17.5 Å². The van der Waals surface area contributed by atoms with E-state index in [1.54, 1.807) is 0 Å². The van der Waals surface area contributed by atoms with Gasteiger partial charge in [-0.15, -0.1) is 11.3 Å². The van der Waals surface area contributed by atoms with Gasteiger partial charge < -0.3 is 0 Å². The molecule has 0 fully saturated rings. The van der Waals surface area contributed by atoms with Crippen LogP contribution in [0.1, 0.15) is 24.0 Å². The molecule has 0 aliphatic carbocycles. The van der Waals surface area contributed by atoms with Gasteiger partial charge in [-0.05, 0) is 29.3 Å². The van der Waals surface area contributed by atoms with Gasteiger partial charge in [0, 0.05) is 37.9 Å². The summed E-state index contributed by atoms with van der Waals surface area (Å²) in [5, 5.41) is 2.64. The van der Waals surface area contributed by atoms with Gasteiger partial charge in [0.1, 0.15) is 0 Å². The quantitative estimate of drug-likeness (QED) is 0.328. The summed E-state index contributed by atoms with van der Waals surface area (Å²) in [4.78, 5) is 4.71. The Morgan fingerprint density at radius 3 is 2.41 bits per heavy atom.